The minimum atomic E-state index is 1.04. The quantitative estimate of drug-likeness (QED) is 0.390. The van der Waals surface area contributed by atoms with Crippen LogP contribution in [-0.4, -0.2) is 0 Å². The predicted octanol–water partition coefficient (Wildman–Crippen LogP) is 4.96. The van der Waals surface area contributed by atoms with Gasteiger partial charge in [-0.2, -0.15) is 0 Å². The average molecular weight is 257 g/mol. The molecule has 20 heavy (non-hydrogen) atoms. The van der Waals surface area contributed by atoms with Crippen molar-refractivity contribution in [2.75, 3.05) is 0 Å². The zero-order chi connectivity index (χ0) is 13.7. The van der Waals surface area contributed by atoms with Crippen LogP contribution in [0.15, 0.2) is 48.5 Å². The van der Waals surface area contributed by atoms with Crippen molar-refractivity contribution in [3.63, 3.8) is 0 Å². The molecule has 0 atom stereocenters. The number of hydrogen-bond acceptors (Lipinski definition) is 0. The second-order valence-corrected chi connectivity index (χ2v) is 5.88. The summed E-state index contributed by atoms with van der Waals surface area (Å²) in [5, 5.41) is 2.75. The molecule has 0 unspecified atom stereocenters. The third-order valence-corrected chi connectivity index (χ3v) is 4.30. The lowest BCUT2D eigenvalue weighted by atomic mass is 9.83. The molecule has 0 saturated heterocycles. The Kier molecular flexibility index (Phi) is 2.40. The fourth-order valence-electron chi connectivity index (χ4n) is 3.23. The van der Waals surface area contributed by atoms with Crippen LogP contribution < -0.4 is 0 Å². The minimum absolute atomic E-state index is 1.04. The van der Waals surface area contributed by atoms with Crippen LogP contribution in [0.2, 0.25) is 0 Å². The first-order chi connectivity index (χ1) is 9.70. The molecule has 0 saturated carbocycles. The molecule has 0 amide bonds. The molecule has 0 aromatic heterocycles. The van der Waals surface area contributed by atoms with Crippen molar-refractivity contribution in [3.8, 4) is 0 Å². The van der Waals surface area contributed by atoms with Gasteiger partial charge in [0, 0.05) is 35.1 Å². The van der Waals surface area contributed by atoms with Crippen LogP contribution >= 0.6 is 0 Å². The molecule has 3 aromatic carbocycles. The van der Waals surface area contributed by atoms with Crippen LogP contribution in [0, 0.1) is 20.3 Å². The van der Waals surface area contributed by atoms with Crippen LogP contribution in [0.25, 0.3) is 10.8 Å². The van der Waals surface area contributed by atoms with E-state index in [1.54, 1.807) is 0 Å². The third-order valence-electron chi connectivity index (χ3n) is 4.30. The fourth-order valence-corrected chi connectivity index (χ4v) is 3.23. The molecule has 0 heterocycles. The smallest absolute Gasteiger partial charge is 0.0580 e. The average Bonchev–Trinajstić information content (AvgIpc) is 2.44. The Morgan fingerprint density at radius 1 is 0.800 bits per heavy atom. The first-order valence-electron chi connectivity index (χ1n) is 7.17. The number of aryl methyl sites for hydroxylation is 2. The van der Waals surface area contributed by atoms with Gasteiger partial charge in [0.1, 0.15) is 0 Å². The lowest BCUT2D eigenvalue weighted by Crippen LogP contribution is -2.06. The van der Waals surface area contributed by atoms with Gasteiger partial charge in [-0.1, -0.05) is 17.7 Å². The van der Waals surface area contributed by atoms with Crippen molar-refractivity contribution in [3.05, 3.63) is 88.3 Å². The molecule has 0 radical (unpaired) electrons. The maximum Gasteiger partial charge on any atom is 0.0773 e. The number of rotatable bonds is 0. The third kappa shape index (κ3) is 1.72. The molecule has 3 aromatic rings. The van der Waals surface area contributed by atoms with Gasteiger partial charge in [-0.3, -0.25) is 0 Å². The van der Waals surface area contributed by atoms with E-state index in [0.717, 1.165) is 6.42 Å². The second-order valence-electron chi connectivity index (χ2n) is 5.88. The normalized spacial score (nSPS) is 12.7. The molecule has 0 N–H and O–H groups in total. The summed E-state index contributed by atoms with van der Waals surface area (Å²) in [6.07, 6.45) is 3.38. The molecule has 0 spiro atoms. The van der Waals surface area contributed by atoms with Gasteiger partial charge in [-0.05, 0) is 49.1 Å². The molecule has 4 rings (SSSR count). The summed E-state index contributed by atoms with van der Waals surface area (Å²) in [5.41, 5.74) is 8.33. The van der Waals surface area contributed by atoms with Crippen molar-refractivity contribution in [2.45, 2.75) is 20.3 Å². The van der Waals surface area contributed by atoms with Crippen molar-refractivity contribution in [2.24, 2.45) is 0 Å². The van der Waals surface area contributed by atoms with Crippen molar-refractivity contribution in [1.29, 1.82) is 0 Å². The predicted molar refractivity (Wildman–Crippen MR) is 85.2 cm³/mol. The SMILES string of the molecule is Cc1ccc2c(c1)[CH+]c1ccc3cc(C)ccc3c1C2. The van der Waals surface area contributed by atoms with E-state index >= 15 is 0 Å². The van der Waals surface area contributed by atoms with Gasteiger partial charge in [0.25, 0.3) is 0 Å². The lowest BCUT2D eigenvalue weighted by Gasteiger charge is -2.15. The van der Waals surface area contributed by atoms with Gasteiger partial charge < -0.3 is 0 Å². The standard InChI is InChI=1S/C20H17/c1-13-3-5-15-12-20-17(11-18(15)10-13)7-6-16-9-14(2)4-8-19(16)20/h3-11H,12H2,1-2H3/q+1. The van der Waals surface area contributed by atoms with E-state index in [0.29, 0.717) is 0 Å². The zero-order valence-corrected chi connectivity index (χ0v) is 11.9. The Bertz CT molecular complexity index is 825. The summed E-state index contributed by atoms with van der Waals surface area (Å²) in [6.45, 7) is 4.32. The number of benzene rings is 3. The fraction of sp³-hybridized carbons (Fsp3) is 0.150. The second kappa shape index (κ2) is 4.14. The molecule has 0 aliphatic heterocycles. The first kappa shape index (κ1) is 11.6. The molecule has 0 nitrogen and oxygen atoms in total. The topological polar surface area (TPSA) is 0 Å². The van der Waals surface area contributed by atoms with Crippen LogP contribution in [-0.2, 0) is 6.42 Å². The van der Waals surface area contributed by atoms with Crippen LogP contribution in [0.5, 0.6) is 0 Å². The van der Waals surface area contributed by atoms with Gasteiger partial charge in [0.05, 0.1) is 17.5 Å². The molecule has 0 fully saturated rings. The Hall–Kier alpha value is -2.21. The molecule has 96 valence electrons. The highest BCUT2D eigenvalue weighted by molar-refractivity contribution is 5.89. The zero-order valence-electron chi connectivity index (χ0n) is 11.9. The Balaban J connectivity index is 1.93. The molecule has 0 bridgehead atoms. The van der Waals surface area contributed by atoms with Gasteiger partial charge in [0.2, 0.25) is 0 Å². The highest BCUT2D eigenvalue weighted by Gasteiger charge is 2.23. The molecular weight excluding hydrogens is 240 g/mol. The molecule has 1 aliphatic carbocycles. The van der Waals surface area contributed by atoms with Gasteiger partial charge in [-0.15, -0.1) is 0 Å². The van der Waals surface area contributed by atoms with E-state index < -0.39 is 0 Å². The van der Waals surface area contributed by atoms with E-state index in [1.165, 1.54) is 44.2 Å². The monoisotopic (exact) mass is 257 g/mol. The van der Waals surface area contributed by atoms with Crippen LogP contribution in [0.3, 0.4) is 0 Å². The van der Waals surface area contributed by atoms with E-state index in [2.05, 4.69) is 68.8 Å². The highest BCUT2D eigenvalue weighted by atomic mass is 14.2. The first-order valence-corrected chi connectivity index (χ1v) is 7.17. The van der Waals surface area contributed by atoms with Crippen LogP contribution in [0.1, 0.15) is 33.4 Å². The maximum absolute atomic E-state index is 2.33. The van der Waals surface area contributed by atoms with E-state index in [4.69, 9.17) is 0 Å². The minimum Gasteiger partial charge on any atom is -0.0580 e. The van der Waals surface area contributed by atoms with Crippen LogP contribution in [0.4, 0.5) is 0 Å². The number of fused-ring (bicyclic) bond motifs is 4. The summed E-state index contributed by atoms with van der Waals surface area (Å²) in [5.74, 6) is 0. The Labute approximate surface area is 120 Å². The maximum atomic E-state index is 2.33. The van der Waals surface area contributed by atoms with Gasteiger partial charge in [-0.25, -0.2) is 0 Å². The summed E-state index contributed by atoms with van der Waals surface area (Å²) >= 11 is 0. The molecule has 1 aliphatic rings. The van der Waals surface area contributed by atoms with Crippen molar-refractivity contribution in [1.82, 2.24) is 0 Å². The largest absolute Gasteiger partial charge is 0.0773 e. The summed E-state index contributed by atoms with van der Waals surface area (Å²) in [4.78, 5) is 0. The Morgan fingerprint density at radius 3 is 2.50 bits per heavy atom. The van der Waals surface area contributed by atoms with Crippen molar-refractivity contribution < 1.29 is 0 Å². The highest BCUT2D eigenvalue weighted by Crippen LogP contribution is 2.34. The summed E-state index contributed by atoms with van der Waals surface area (Å²) in [6, 6.07) is 18.1. The van der Waals surface area contributed by atoms with Gasteiger partial charge >= 0.3 is 0 Å². The van der Waals surface area contributed by atoms with E-state index in [-0.39, 0.29) is 0 Å². The van der Waals surface area contributed by atoms with Gasteiger partial charge in [0.15, 0.2) is 0 Å². The molecular formula is C20H17+. The van der Waals surface area contributed by atoms with Crippen molar-refractivity contribution >= 4 is 10.8 Å². The lowest BCUT2D eigenvalue weighted by molar-refractivity contribution is 1.11. The summed E-state index contributed by atoms with van der Waals surface area (Å²) in [7, 11) is 0. The summed E-state index contributed by atoms with van der Waals surface area (Å²) < 4.78 is 0. The van der Waals surface area contributed by atoms with E-state index in [1.807, 2.05) is 0 Å². The molecule has 0 heteroatoms. The van der Waals surface area contributed by atoms with E-state index in [9.17, 15) is 0 Å². The Morgan fingerprint density at radius 2 is 1.60 bits per heavy atom. The number of hydrogen-bond donors (Lipinski definition) is 0.